The van der Waals surface area contributed by atoms with Crippen molar-refractivity contribution in [2.45, 2.75) is 129 Å². The summed E-state index contributed by atoms with van der Waals surface area (Å²) >= 11 is 0. The molecule has 0 aromatic rings. The Hall–Kier alpha value is -0.170. The number of rotatable bonds is 23. The highest BCUT2D eigenvalue weighted by molar-refractivity contribution is 7.85. The summed E-state index contributed by atoms with van der Waals surface area (Å²) in [6, 6.07) is 0. The number of unbranched alkanes of at least 4 members (excludes halogenated alkanes) is 15. The highest BCUT2D eigenvalue weighted by Crippen LogP contribution is 2.13. The van der Waals surface area contributed by atoms with E-state index in [-0.39, 0.29) is 6.42 Å². The lowest BCUT2D eigenvalue weighted by molar-refractivity contribution is 0.0784. The van der Waals surface area contributed by atoms with Crippen molar-refractivity contribution in [3.63, 3.8) is 0 Å². The SMILES string of the molecule is CCCCCCCCCCCCCCCCCCOCCC(O)CCS(=O)(=O)O. The Labute approximate surface area is 180 Å². The van der Waals surface area contributed by atoms with Crippen molar-refractivity contribution < 1.29 is 22.8 Å². The Morgan fingerprint density at radius 3 is 1.48 bits per heavy atom. The van der Waals surface area contributed by atoms with Gasteiger partial charge in [-0.15, -0.1) is 0 Å². The largest absolute Gasteiger partial charge is 0.393 e. The fourth-order valence-corrected chi connectivity index (χ4v) is 4.07. The summed E-state index contributed by atoms with van der Waals surface area (Å²) in [5.41, 5.74) is 0. The van der Waals surface area contributed by atoms with Gasteiger partial charge in [-0.1, -0.05) is 103 Å². The Morgan fingerprint density at radius 1 is 0.655 bits per heavy atom. The molecule has 0 aliphatic carbocycles. The van der Waals surface area contributed by atoms with E-state index in [1.807, 2.05) is 0 Å². The normalized spacial score (nSPS) is 13.1. The molecule has 0 spiro atoms. The van der Waals surface area contributed by atoms with Gasteiger partial charge in [0.05, 0.1) is 11.9 Å². The van der Waals surface area contributed by atoms with Crippen LogP contribution in [0.25, 0.3) is 0 Å². The smallest absolute Gasteiger partial charge is 0.264 e. The summed E-state index contributed by atoms with van der Waals surface area (Å²) in [5, 5.41) is 9.60. The highest BCUT2D eigenvalue weighted by Gasteiger charge is 2.10. The van der Waals surface area contributed by atoms with Crippen molar-refractivity contribution in [1.29, 1.82) is 0 Å². The Kier molecular flexibility index (Phi) is 21.0. The van der Waals surface area contributed by atoms with E-state index in [1.165, 1.54) is 96.3 Å². The van der Waals surface area contributed by atoms with Gasteiger partial charge in [-0.2, -0.15) is 8.42 Å². The first-order valence-electron chi connectivity index (χ1n) is 12.2. The first-order chi connectivity index (χ1) is 14.0. The molecule has 0 aromatic heterocycles. The highest BCUT2D eigenvalue weighted by atomic mass is 32.2. The van der Waals surface area contributed by atoms with Gasteiger partial charge in [0.1, 0.15) is 0 Å². The molecule has 1 unspecified atom stereocenters. The van der Waals surface area contributed by atoms with Gasteiger partial charge >= 0.3 is 0 Å². The van der Waals surface area contributed by atoms with Gasteiger partial charge in [0, 0.05) is 13.2 Å². The quantitative estimate of drug-likeness (QED) is 0.145. The van der Waals surface area contributed by atoms with Gasteiger partial charge in [0.25, 0.3) is 10.1 Å². The van der Waals surface area contributed by atoms with Gasteiger partial charge in [-0.25, -0.2) is 0 Å². The molecular formula is C23H48O5S. The van der Waals surface area contributed by atoms with Crippen LogP contribution in [0.5, 0.6) is 0 Å². The third-order valence-electron chi connectivity index (χ3n) is 5.45. The van der Waals surface area contributed by atoms with Crippen LogP contribution in [-0.4, -0.2) is 43.1 Å². The van der Waals surface area contributed by atoms with Gasteiger partial charge in [0.2, 0.25) is 0 Å². The van der Waals surface area contributed by atoms with Gasteiger partial charge in [0.15, 0.2) is 0 Å². The molecule has 0 saturated carbocycles. The molecule has 0 aromatic carbocycles. The second-order valence-corrected chi connectivity index (χ2v) is 10.0. The summed E-state index contributed by atoms with van der Waals surface area (Å²) in [7, 11) is -3.98. The second-order valence-electron chi connectivity index (χ2n) is 8.43. The van der Waals surface area contributed by atoms with Crippen LogP contribution in [-0.2, 0) is 14.9 Å². The number of ether oxygens (including phenoxy) is 1. The lowest BCUT2D eigenvalue weighted by Crippen LogP contribution is -2.16. The van der Waals surface area contributed by atoms with Crippen LogP contribution in [0.15, 0.2) is 0 Å². The maximum absolute atomic E-state index is 10.6. The zero-order valence-electron chi connectivity index (χ0n) is 19.0. The van der Waals surface area contributed by atoms with Gasteiger partial charge < -0.3 is 9.84 Å². The molecule has 0 amide bonds. The lowest BCUT2D eigenvalue weighted by Gasteiger charge is -2.10. The van der Waals surface area contributed by atoms with Crippen LogP contribution >= 0.6 is 0 Å². The lowest BCUT2D eigenvalue weighted by atomic mass is 10.0. The first-order valence-corrected chi connectivity index (χ1v) is 13.8. The van der Waals surface area contributed by atoms with E-state index in [1.54, 1.807) is 0 Å². The van der Waals surface area contributed by atoms with Crippen LogP contribution in [0.3, 0.4) is 0 Å². The number of hydrogen-bond acceptors (Lipinski definition) is 4. The van der Waals surface area contributed by atoms with Gasteiger partial charge in [-0.3, -0.25) is 4.55 Å². The predicted octanol–water partition coefficient (Wildman–Crippen LogP) is 6.29. The average molecular weight is 437 g/mol. The Balaban J connectivity index is 3.13. The minimum atomic E-state index is -3.98. The van der Waals surface area contributed by atoms with Crippen molar-refractivity contribution in [2.75, 3.05) is 19.0 Å². The molecular weight excluding hydrogens is 388 g/mol. The molecule has 5 nitrogen and oxygen atoms in total. The van der Waals surface area contributed by atoms with E-state index < -0.39 is 22.0 Å². The van der Waals surface area contributed by atoms with Crippen molar-refractivity contribution in [3.05, 3.63) is 0 Å². The maximum Gasteiger partial charge on any atom is 0.264 e. The van der Waals surface area contributed by atoms with Crippen LogP contribution in [0.1, 0.15) is 122 Å². The average Bonchev–Trinajstić information content (AvgIpc) is 2.67. The van der Waals surface area contributed by atoms with E-state index in [0.29, 0.717) is 19.6 Å². The molecule has 0 bridgehead atoms. The first kappa shape index (κ1) is 28.8. The molecule has 0 heterocycles. The third kappa shape index (κ3) is 25.8. The minimum absolute atomic E-state index is 0.0568. The molecule has 0 aliphatic heterocycles. The van der Waals surface area contributed by atoms with E-state index in [9.17, 15) is 13.5 Å². The predicted molar refractivity (Wildman–Crippen MR) is 122 cm³/mol. The molecule has 0 aliphatic rings. The maximum atomic E-state index is 10.6. The minimum Gasteiger partial charge on any atom is -0.393 e. The van der Waals surface area contributed by atoms with Crippen LogP contribution in [0.2, 0.25) is 0 Å². The van der Waals surface area contributed by atoms with Crippen molar-refractivity contribution in [3.8, 4) is 0 Å². The fourth-order valence-electron chi connectivity index (χ4n) is 3.50. The topological polar surface area (TPSA) is 83.8 Å². The van der Waals surface area contributed by atoms with Crippen molar-refractivity contribution >= 4 is 10.1 Å². The van der Waals surface area contributed by atoms with Crippen LogP contribution < -0.4 is 0 Å². The third-order valence-corrected chi connectivity index (χ3v) is 6.20. The molecule has 6 heteroatoms. The molecule has 0 saturated heterocycles. The number of aliphatic hydroxyl groups excluding tert-OH is 1. The van der Waals surface area contributed by atoms with Crippen LogP contribution in [0.4, 0.5) is 0 Å². The van der Waals surface area contributed by atoms with Crippen molar-refractivity contribution in [2.24, 2.45) is 0 Å². The second kappa shape index (κ2) is 21.1. The zero-order valence-corrected chi connectivity index (χ0v) is 19.8. The Bertz CT molecular complexity index is 425. The Morgan fingerprint density at radius 2 is 1.07 bits per heavy atom. The van der Waals surface area contributed by atoms with Crippen LogP contribution in [0, 0.1) is 0 Å². The molecule has 0 rings (SSSR count). The van der Waals surface area contributed by atoms with E-state index in [0.717, 1.165) is 6.42 Å². The zero-order chi connectivity index (χ0) is 21.6. The van der Waals surface area contributed by atoms with E-state index in [4.69, 9.17) is 9.29 Å². The molecule has 1 atom stereocenters. The summed E-state index contributed by atoms with van der Waals surface area (Å²) < 4.78 is 35.3. The summed E-state index contributed by atoms with van der Waals surface area (Å²) in [4.78, 5) is 0. The monoisotopic (exact) mass is 436 g/mol. The fraction of sp³-hybridized carbons (Fsp3) is 1.00. The summed E-state index contributed by atoms with van der Waals surface area (Å²) in [5.74, 6) is -0.396. The van der Waals surface area contributed by atoms with Gasteiger partial charge in [-0.05, 0) is 19.3 Å². The standard InChI is InChI=1S/C23H48O5S/c1-2-3-4-5-6-7-8-9-10-11-12-13-14-15-16-17-20-28-21-18-23(24)19-22-29(25,26)27/h23-24H,2-22H2,1H3,(H,25,26,27). The van der Waals surface area contributed by atoms with E-state index in [2.05, 4.69) is 6.92 Å². The summed E-state index contributed by atoms with van der Waals surface area (Å²) in [6.45, 7) is 3.40. The molecule has 0 fully saturated rings. The van der Waals surface area contributed by atoms with E-state index >= 15 is 0 Å². The number of aliphatic hydroxyl groups is 1. The summed E-state index contributed by atoms with van der Waals surface area (Å²) in [6.07, 6.45) is 21.3. The molecule has 29 heavy (non-hydrogen) atoms. The molecule has 0 radical (unpaired) electrons. The molecule has 176 valence electrons. The number of hydrogen-bond donors (Lipinski definition) is 2. The van der Waals surface area contributed by atoms with Crippen molar-refractivity contribution in [1.82, 2.24) is 0 Å². The molecule has 2 N–H and O–H groups in total.